The van der Waals surface area contributed by atoms with Gasteiger partial charge >= 0.3 is 0 Å². The summed E-state index contributed by atoms with van der Waals surface area (Å²) in [5.41, 5.74) is 16.5. The van der Waals surface area contributed by atoms with E-state index in [-0.39, 0.29) is 0 Å². The van der Waals surface area contributed by atoms with Crippen molar-refractivity contribution >= 4 is 45.5 Å². The van der Waals surface area contributed by atoms with Crippen molar-refractivity contribution in [2.45, 2.75) is 157 Å². The molecule has 5 heteroatoms. The van der Waals surface area contributed by atoms with E-state index >= 15 is 0 Å². The van der Waals surface area contributed by atoms with Crippen LogP contribution < -0.4 is 19.3 Å². The number of hydrogen-bond donors (Lipinski definition) is 0. The molecule has 0 aliphatic heterocycles. The lowest BCUT2D eigenvalue weighted by molar-refractivity contribution is 0.258. The predicted octanol–water partition coefficient (Wildman–Crippen LogP) is 22.5. The maximum absolute atomic E-state index is 6.78. The number of anilines is 6. The van der Waals surface area contributed by atoms with Gasteiger partial charge in [-0.3, -0.25) is 0 Å². The Balaban J connectivity index is 1.06. The van der Waals surface area contributed by atoms with Crippen LogP contribution in [0.1, 0.15) is 152 Å². The molecule has 77 heavy (non-hydrogen) atoms. The first kappa shape index (κ1) is 56.6. The minimum Gasteiger partial charge on any atom is -0.489 e. The summed E-state index contributed by atoms with van der Waals surface area (Å²) < 4.78 is 13.4. The molecule has 0 atom stereocenters. The largest absolute Gasteiger partial charge is 0.489 e. The normalized spacial score (nSPS) is 11.2. The van der Waals surface area contributed by atoms with Crippen molar-refractivity contribution in [2.24, 2.45) is 0 Å². The number of benzene rings is 7. The van der Waals surface area contributed by atoms with Gasteiger partial charge in [0.15, 0.2) is 11.5 Å². The van der Waals surface area contributed by atoms with Gasteiger partial charge in [0.25, 0.3) is 0 Å². The van der Waals surface area contributed by atoms with E-state index < -0.39 is 0 Å². The van der Waals surface area contributed by atoms with E-state index in [0.29, 0.717) is 13.2 Å². The Bertz CT molecular complexity index is 2960. The first-order chi connectivity index (χ1) is 37.9. The highest BCUT2D eigenvalue weighted by Gasteiger charge is 2.20. The van der Waals surface area contributed by atoms with Gasteiger partial charge in [-0.2, -0.15) is 0 Å². The van der Waals surface area contributed by atoms with Crippen molar-refractivity contribution < 1.29 is 9.47 Å². The Morgan fingerprint density at radius 2 is 0.688 bits per heavy atom. The Kier molecular flexibility index (Phi) is 21.9. The van der Waals surface area contributed by atoms with Crippen molar-refractivity contribution in [3.63, 3.8) is 0 Å². The average Bonchev–Trinajstić information content (AvgIpc) is 3.93. The molecule has 1 aromatic heterocycles. The third-order valence-corrected chi connectivity index (χ3v) is 16.0. The maximum atomic E-state index is 6.78. The number of hydrogen-bond acceptors (Lipinski definition) is 5. The minimum atomic E-state index is 0.688. The highest BCUT2D eigenvalue weighted by atomic mass is 32.1. The predicted molar refractivity (Wildman–Crippen MR) is 334 cm³/mol. The van der Waals surface area contributed by atoms with Crippen LogP contribution in [-0.2, 0) is 12.8 Å². The summed E-state index contributed by atoms with van der Waals surface area (Å²) in [6.07, 6.45) is 21.7. The molecule has 7 aromatic carbocycles. The van der Waals surface area contributed by atoms with Crippen LogP contribution in [0, 0.1) is 13.8 Å². The van der Waals surface area contributed by atoms with Gasteiger partial charge in [0.1, 0.15) is 0 Å². The number of nitrogens with zero attached hydrogens (tertiary/aromatic N) is 2. The van der Waals surface area contributed by atoms with Crippen molar-refractivity contribution in [3.05, 3.63) is 191 Å². The molecule has 8 aromatic rings. The first-order valence-corrected chi connectivity index (χ1v) is 30.3. The SMILES string of the molecule is CCCCCCCCOc1c(C)ccc(-c2ccc(N(c3ccc(CCCC)cc3)c3ccc(-c4ccc(N(c5ccc(CCCC)cc5)c5ccc(-c6ccc(C)s6)cc5)cc4)cc3)cc2)c1OCCCCCCCC. The molecular weight excluding hydrogens is 957 g/mol. The maximum Gasteiger partial charge on any atom is 0.169 e. The molecule has 1 heterocycles. The lowest BCUT2D eigenvalue weighted by Crippen LogP contribution is -2.10. The zero-order chi connectivity index (χ0) is 53.6. The average molecular weight is 1040 g/mol. The fourth-order valence-corrected chi connectivity index (χ4v) is 11.2. The Morgan fingerprint density at radius 3 is 1.09 bits per heavy atom. The monoisotopic (exact) mass is 1040 g/mol. The highest BCUT2D eigenvalue weighted by molar-refractivity contribution is 7.15. The van der Waals surface area contributed by atoms with Gasteiger partial charge in [0.2, 0.25) is 0 Å². The Labute approximate surface area is 468 Å². The highest BCUT2D eigenvalue weighted by Crippen LogP contribution is 2.44. The smallest absolute Gasteiger partial charge is 0.169 e. The van der Waals surface area contributed by atoms with Crippen LogP contribution in [0.5, 0.6) is 11.5 Å². The molecule has 0 unspecified atom stereocenters. The lowest BCUT2D eigenvalue weighted by Gasteiger charge is -2.27. The quantitative estimate of drug-likeness (QED) is 0.0405. The number of rotatable bonds is 31. The molecule has 0 saturated carbocycles. The number of unbranched alkanes of at least 4 members (excludes halogenated alkanes) is 12. The van der Waals surface area contributed by atoms with Crippen molar-refractivity contribution in [2.75, 3.05) is 23.0 Å². The second kappa shape index (κ2) is 29.8. The van der Waals surface area contributed by atoms with Gasteiger partial charge in [-0.15, -0.1) is 11.3 Å². The Hall–Kier alpha value is -6.56. The van der Waals surface area contributed by atoms with Crippen LogP contribution in [0.15, 0.2) is 170 Å². The molecule has 0 N–H and O–H groups in total. The number of ether oxygens (including phenoxy) is 2. The second-order valence-corrected chi connectivity index (χ2v) is 22.4. The Morgan fingerprint density at radius 1 is 0.325 bits per heavy atom. The molecule has 0 fully saturated rings. The lowest BCUT2D eigenvalue weighted by atomic mass is 10.0. The van der Waals surface area contributed by atoms with Crippen LogP contribution in [0.3, 0.4) is 0 Å². The number of aryl methyl sites for hydroxylation is 4. The summed E-state index contributed by atoms with van der Waals surface area (Å²) >= 11 is 1.84. The topological polar surface area (TPSA) is 24.9 Å². The summed E-state index contributed by atoms with van der Waals surface area (Å²) in [5.74, 6) is 1.77. The van der Waals surface area contributed by atoms with E-state index in [4.69, 9.17) is 9.47 Å². The van der Waals surface area contributed by atoms with Crippen LogP contribution in [-0.4, -0.2) is 13.2 Å². The van der Waals surface area contributed by atoms with Gasteiger partial charge in [-0.05, 0) is 176 Å². The third-order valence-electron chi connectivity index (χ3n) is 15.0. The van der Waals surface area contributed by atoms with Crippen LogP contribution >= 0.6 is 11.3 Å². The second-order valence-electron chi connectivity index (χ2n) is 21.1. The van der Waals surface area contributed by atoms with E-state index in [1.54, 1.807) is 0 Å². The van der Waals surface area contributed by atoms with Gasteiger partial charge in [0.05, 0.1) is 13.2 Å². The molecule has 0 aliphatic rings. The molecule has 0 aliphatic carbocycles. The molecule has 8 rings (SSSR count). The molecule has 0 amide bonds. The van der Waals surface area contributed by atoms with Crippen LogP contribution in [0.4, 0.5) is 34.1 Å². The summed E-state index contributed by atoms with van der Waals surface area (Å²) in [6.45, 7) is 14.8. The van der Waals surface area contributed by atoms with Crippen molar-refractivity contribution in [1.29, 1.82) is 0 Å². The molecule has 402 valence electrons. The molecule has 0 spiro atoms. The van der Waals surface area contributed by atoms with E-state index in [1.165, 1.54) is 127 Å². The van der Waals surface area contributed by atoms with Crippen molar-refractivity contribution in [3.8, 4) is 44.2 Å². The summed E-state index contributed by atoms with van der Waals surface area (Å²) in [7, 11) is 0. The van der Waals surface area contributed by atoms with E-state index in [0.717, 1.165) is 88.0 Å². The summed E-state index contributed by atoms with van der Waals surface area (Å²) in [5, 5.41) is 0. The molecular formula is C72H86N2O2S. The van der Waals surface area contributed by atoms with Gasteiger partial charge in [0, 0.05) is 49.4 Å². The van der Waals surface area contributed by atoms with Gasteiger partial charge < -0.3 is 19.3 Å². The standard InChI is InChI=1S/C72H86N2O2S/c1-7-11-15-17-19-21-53-75-71-55(5)25-51-69(72(71)76-54-22-20-18-16-12-8-2)61-35-47-67(48-36-61)73(63-39-27-57(28-40-63)23-13-9-3)65-43-31-59(32-44-65)60-33-45-66(46-34-60)74(64-41-29-58(30-42-64)24-14-10-4)68-49-37-62(38-50-68)70-52-26-56(6)77-70/h25-52H,7-24,53-54H2,1-6H3. The third kappa shape index (κ3) is 15.8. The molecule has 0 radical (unpaired) electrons. The molecule has 4 nitrogen and oxygen atoms in total. The number of thiophene rings is 1. The summed E-state index contributed by atoms with van der Waals surface area (Å²) in [4.78, 5) is 7.39. The van der Waals surface area contributed by atoms with Crippen molar-refractivity contribution in [1.82, 2.24) is 0 Å². The molecule has 0 saturated heterocycles. The van der Waals surface area contributed by atoms with E-state index in [9.17, 15) is 0 Å². The van der Waals surface area contributed by atoms with Crippen LogP contribution in [0.2, 0.25) is 0 Å². The van der Waals surface area contributed by atoms with E-state index in [2.05, 4.69) is 221 Å². The fourth-order valence-electron chi connectivity index (χ4n) is 10.4. The van der Waals surface area contributed by atoms with Crippen LogP contribution in [0.25, 0.3) is 32.7 Å². The summed E-state index contributed by atoms with van der Waals surface area (Å²) in [6, 6.07) is 63.4. The zero-order valence-corrected chi connectivity index (χ0v) is 48.2. The van der Waals surface area contributed by atoms with Gasteiger partial charge in [-0.25, -0.2) is 0 Å². The zero-order valence-electron chi connectivity index (χ0n) is 47.4. The minimum absolute atomic E-state index is 0.688. The van der Waals surface area contributed by atoms with Gasteiger partial charge in [-0.1, -0.05) is 190 Å². The van der Waals surface area contributed by atoms with E-state index in [1.807, 2.05) is 11.3 Å². The molecule has 0 bridgehead atoms. The fraction of sp³-hybridized carbons (Fsp3) is 0.361. The first-order valence-electron chi connectivity index (χ1n) is 29.5.